The Morgan fingerprint density at radius 1 is 1.08 bits per heavy atom. The van der Waals surface area contributed by atoms with Crippen molar-refractivity contribution in [2.75, 3.05) is 0 Å². The molecule has 24 heavy (non-hydrogen) atoms. The molecule has 2 saturated carbocycles. The summed E-state index contributed by atoms with van der Waals surface area (Å²) in [6.07, 6.45) is 6.96. The van der Waals surface area contributed by atoms with Gasteiger partial charge >= 0.3 is 0 Å². The van der Waals surface area contributed by atoms with Crippen LogP contribution in [0.2, 0.25) is 0 Å². The first-order chi connectivity index (χ1) is 11.8. The zero-order chi connectivity index (χ0) is 16.6. The van der Waals surface area contributed by atoms with E-state index < -0.39 is 0 Å². The number of hydrogen-bond acceptors (Lipinski definition) is 1. The van der Waals surface area contributed by atoms with E-state index in [1.54, 1.807) is 6.26 Å². The lowest BCUT2D eigenvalue weighted by Crippen LogP contribution is -2.40. The van der Waals surface area contributed by atoms with Gasteiger partial charge in [0.05, 0.1) is 6.26 Å². The van der Waals surface area contributed by atoms with Crippen molar-refractivity contribution in [2.45, 2.75) is 44.1 Å². The second-order valence-corrected chi connectivity index (χ2v) is 7.41. The van der Waals surface area contributed by atoms with E-state index in [9.17, 15) is 0 Å². The van der Waals surface area contributed by atoms with Crippen molar-refractivity contribution in [1.29, 1.82) is 0 Å². The lowest BCUT2D eigenvalue weighted by molar-refractivity contribution is 0.0463. The minimum atomic E-state index is 0.239. The molecule has 0 N–H and O–H groups in total. The topological polar surface area (TPSA) is 9.23 Å². The van der Waals surface area contributed by atoms with Crippen molar-refractivity contribution in [3.05, 3.63) is 73.0 Å². The van der Waals surface area contributed by atoms with Crippen LogP contribution in [0.15, 0.2) is 67.4 Å². The van der Waals surface area contributed by atoms with E-state index in [4.69, 9.17) is 4.74 Å². The summed E-state index contributed by atoms with van der Waals surface area (Å²) >= 11 is 0. The summed E-state index contributed by atoms with van der Waals surface area (Å²) in [5.74, 6) is 1.40. The van der Waals surface area contributed by atoms with Crippen molar-refractivity contribution in [1.82, 2.24) is 0 Å². The highest BCUT2D eigenvalue weighted by Crippen LogP contribution is 2.60. The fourth-order valence-corrected chi connectivity index (χ4v) is 5.48. The Balaban J connectivity index is 1.82. The number of rotatable bonds is 5. The minimum Gasteiger partial charge on any atom is -0.498 e. The predicted molar refractivity (Wildman–Crippen MR) is 99.7 cm³/mol. The molecular weight excluding hydrogens is 292 g/mol. The molecule has 0 heterocycles. The predicted octanol–water partition coefficient (Wildman–Crippen LogP) is 5.96. The quantitative estimate of drug-likeness (QED) is 0.618. The van der Waals surface area contributed by atoms with Crippen LogP contribution in [0.3, 0.4) is 0 Å². The van der Waals surface area contributed by atoms with Crippen LogP contribution >= 0.6 is 0 Å². The lowest BCUT2D eigenvalue weighted by Gasteiger charge is -2.42. The summed E-state index contributed by atoms with van der Waals surface area (Å²) < 4.78 is 5.92. The third-order valence-electron chi connectivity index (χ3n) is 6.41. The molecule has 2 aliphatic rings. The normalized spacial score (nSPS) is 31.1. The summed E-state index contributed by atoms with van der Waals surface area (Å²) in [5.41, 5.74) is 4.47. The van der Waals surface area contributed by atoms with Gasteiger partial charge in [0.25, 0.3) is 0 Å². The van der Waals surface area contributed by atoms with E-state index in [0.29, 0.717) is 12.0 Å². The maximum absolute atomic E-state index is 5.92. The highest BCUT2D eigenvalue weighted by molar-refractivity contribution is 5.69. The summed E-state index contributed by atoms with van der Waals surface area (Å²) in [5, 5.41) is 0. The molecule has 2 aliphatic carbocycles. The average Bonchev–Trinajstić information content (AvgIpc) is 3.21. The Bertz CT molecular complexity index is 720. The molecule has 0 radical (unpaired) electrons. The van der Waals surface area contributed by atoms with E-state index in [1.807, 2.05) is 0 Å². The van der Waals surface area contributed by atoms with Crippen molar-refractivity contribution in [3.8, 4) is 11.1 Å². The first kappa shape index (κ1) is 15.5. The molecule has 0 aromatic heterocycles. The van der Waals surface area contributed by atoms with Crippen LogP contribution < -0.4 is 0 Å². The lowest BCUT2D eigenvalue weighted by atomic mass is 9.64. The van der Waals surface area contributed by atoms with Crippen LogP contribution in [0, 0.1) is 11.8 Å². The van der Waals surface area contributed by atoms with Crippen LogP contribution in [0.5, 0.6) is 0 Å². The Morgan fingerprint density at radius 2 is 1.83 bits per heavy atom. The van der Waals surface area contributed by atoms with Crippen molar-refractivity contribution < 1.29 is 4.74 Å². The Labute approximate surface area is 145 Å². The van der Waals surface area contributed by atoms with E-state index in [-0.39, 0.29) is 5.41 Å². The van der Waals surface area contributed by atoms with Gasteiger partial charge in [-0.1, -0.05) is 68.1 Å². The molecule has 2 bridgehead atoms. The molecule has 2 fully saturated rings. The van der Waals surface area contributed by atoms with Crippen molar-refractivity contribution in [3.63, 3.8) is 0 Å². The van der Waals surface area contributed by atoms with Crippen molar-refractivity contribution >= 4 is 0 Å². The van der Waals surface area contributed by atoms with Gasteiger partial charge < -0.3 is 4.74 Å². The first-order valence-corrected chi connectivity index (χ1v) is 9.20. The maximum Gasteiger partial charge on any atom is 0.102 e. The van der Waals surface area contributed by atoms with E-state index in [2.05, 4.69) is 68.1 Å². The van der Waals surface area contributed by atoms with Gasteiger partial charge in [0.1, 0.15) is 6.10 Å². The fourth-order valence-electron chi connectivity index (χ4n) is 5.48. The summed E-state index contributed by atoms with van der Waals surface area (Å²) in [4.78, 5) is 0. The molecule has 0 aliphatic heterocycles. The molecule has 4 rings (SSSR count). The van der Waals surface area contributed by atoms with E-state index in [0.717, 1.165) is 5.92 Å². The van der Waals surface area contributed by atoms with E-state index in [1.165, 1.54) is 42.4 Å². The summed E-state index contributed by atoms with van der Waals surface area (Å²) in [6.45, 7) is 6.15. The smallest absolute Gasteiger partial charge is 0.102 e. The molecule has 1 nitrogen and oxygen atoms in total. The highest BCUT2D eigenvalue weighted by atomic mass is 16.5. The molecule has 0 saturated heterocycles. The van der Waals surface area contributed by atoms with Gasteiger partial charge in [-0.15, -0.1) is 0 Å². The van der Waals surface area contributed by atoms with Gasteiger partial charge in [-0.2, -0.15) is 0 Å². The Hall–Kier alpha value is -2.02. The van der Waals surface area contributed by atoms with E-state index >= 15 is 0 Å². The molecule has 2 aromatic rings. The Morgan fingerprint density at radius 3 is 2.54 bits per heavy atom. The Kier molecular flexibility index (Phi) is 3.96. The number of benzene rings is 2. The van der Waals surface area contributed by atoms with Gasteiger partial charge in [-0.25, -0.2) is 0 Å². The van der Waals surface area contributed by atoms with Crippen LogP contribution in [0.25, 0.3) is 11.1 Å². The molecule has 124 valence electrons. The molecular formula is C23H26O. The van der Waals surface area contributed by atoms with Gasteiger partial charge in [0, 0.05) is 11.3 Å². The second-order valence-electron chi connectivity index (χ2n) is 7.41. The SMILES string of the molecule is C=COC1CC2CC1C(CC)(c1ccccc1-c1ccccc1)C2. The van der Waals surface area contributed by atoms with Gasteiger partial charge in [0.2, 0.25) is 0 Å². The molecule has 0 spiro atoms. The molecule has 4 atom stereocenters. The van der Waals surface area contributed by atoms with Crippen LogP contribution in [0.4, 0.5) is 0 Å². The highest BCUT2D eigenvalue weighted by Gasteiger charge is 2.56. The van der Waals surface area contributed by atoms with Gasteiger partial charge in [-0.05, 0) is 48.3 Å². The third kappa shape index (κ3) is 2.30. The zero-order valence-electron chi connectivity index (χ0n) is 14.4. The largest absolute Gasteiger partial charge is 0.498 e. The number of fused-ring (bicyclic) bond motifs is 2. The maximum atomic E-state index is 5.92. The van der Waals surface area contributed by atoms with Crippen molar-refractivity contribution in [2.24, 2.45) is 11.8 Å². The van der Waals surface area contributed by atoms with Crippen LogP contribution in [-0.4, -0.2) is 6.10 Å². The second kappa shape index (κ2) is 6.12. The van der Waals surface area contributed by atoms with Crippen LogP contribution in [-0.2, 0) is 10.2 Å². The van der Waals surface area contributed by atoms with Gasteiger partial charge in [0.15, 0.2) is 0 Å². The third-order valence-corrected chi connectivity index (χ3v) is 6.41. The minimum absolute atomic E-state index is 0.239. The van der Waals surface area contributed by atoms with Gasteiger partial charge in [-0.3, -0.25) is 0 Å². The number of hydrogen-bond donors (Lipinski definition) is 0. The molecule has 2 aromatic carbocycles. The summed E-state index contributed by atoms with van der Waals surface area (Å²) in [6, 6.07) is 19.8. The van der Waals surface area contributed by atoms with Crippen LogP contribution in [0.1, 0.15) is 38.2 Å². The fraction of sp³-hybridized carbons (Fsp3) is 0.391. The first-order valence-electron chi connectivity index (χ1n) is 9.20. The monoisotopic (exact) mass is 318 g/mol. The molecule has 1 heteroatoms. The standard InChI is InChI=1S/C23H26O/c1-3-23(16-17-14-21(23)22(15-17)24-4-2)20-13-9-8-12-19(20)18-10-6-5-7-11-18/h4-13,17,21-22H,2-3,14-16H2,1H3. The number of ether oxygens (including phenoxy) is 1. The summed E-state index contributed by atoms with van der Waals surface area (Å²) in [7, 11) is 0. The zero-order valence-corrected chi connectivity index (χ0v) is 14.4. The average molecular weight is 318 g/mol. The molecule has 4 unspecified atom stereocenters. The molecule has 0 amide bonds.